The predicted molar refractivity (Wildman–Crippen MR) is 105 cm³/mol. The molecule has 26 heavy (non-hydrogen) atoms. The number of likely N-dealkylation sites (N-methyl/N-ethyl adjacent to an activating group) is 1. The third-order valence-electron chi connectivity index (χ3n) is 4.34. The monoisotopic (exact) mass is 355 g/mol. The molecule has 0 saturated carbocycles. The topological polar surface area (TPSA) is 54.5 Å². The summed E-state index contributed by atoms with van der Waals surface area (Å²) >= 11 is 0. The van der Waals surface area contributed by atoms with Crippen LogP contribution in [0.5, 0.6) is 5.75 Å². The van der Waals surface area contributed by atoms with E-state index in [9.17, 15) is 4.79 Å². The van der Waals surface area contributed by atoms with Gasteiger partial charge in [0.2, 0.25) is 0 Å². The Kier molecular flexibility index (Phi) is 7.93. The van der Waals surface area contributed by atoms with E-state index in [4.69, 9.17) is 4.74 Å². The van der Waals surface area contributed by atoms with Gasteiger partial charge in [-0.25, -0.2) is 4.79 Å². The highest BCUT2D eigenvalue weighted by Crippen LogP contribution is 2.22. The molecule has 5 nitrogen and oxygen atoms in total. The largest absolute Gasteiger partial charge is 0.493 e. The molecule has 2 rings (SSSR count). The number of hydrogen-bond acceptors (Lipinski definition) is 3. The van der Waals surface area contributed by atoms with Crippen LogP contribution in [-0.4, -0.2) is 42.2 Å². The van der Waals surface area contributed by atoms with Crippen LogP contribution >= 0.6 is 0 Å². The molecule has 5 heteroatoms. The van der Waals surface area contributed by atoms with Crippen LogP contribution < -0.4 is 10.1 Å². The van der Waals surface area contributed by atoms with Crippen LogP contribution in [0.15, 0.2) is 42.7 Å². The Balaban J connectivity index is 1.68. The number of carbonyl (C=O) groups excluding carboxylic acids is 1. The number of benzene rings is 1. The molecule has 0 aliphatic heterocycles. The third kappa shape index (κ3) is 6.06. The van der Waals surface area contributed by atoms with Gasteiger partial charge in [0, 0.05) is 32.0 Å². The van der Waals surface area contributed by atoms with Gasteiger partial charge in [0.15, 0.2) is 0 Å². The molecule has 140 valence electrons. The Morgan fingerprint density at radius 3 is 2.50 bits per heavy atom. The standard InChI is InChI=1S/C21H29N3O2/c1-4-24(15-11-19-9-13-22-14-10-19)21(25)23-12-6-16-26-20-17(2)7-5-8-18(20)3/h5,7-10,13-14H,4,6,11-12,15-16H2,1-3H3,(H,23,25). The number of pyridine rings is 1. The number of ether oxygens (including phenoxy) is 1. The Bertz CT molecular complexity index is 669. The van der Waals surface area contributed by atoms with Crippen LogP contribution in [0.25, 0.3) is 0 Å². The lowest BCUT2D eigenvalue weighted by molar-refractivity contribution is 0.200. The second-order valence-corrected chi connectivity index (χ2v) is 6.34. The van der Waals surface area contributed by atoms with Crippen LogP contribution in [0.2, 0.25) is 0 Å². The van der Waals surface area contributed by atoms with E-state index in [1.807, 2.05) is 56.0 Å². The van der Waals surface area contributed by atoms with E-state index in [0.29, 0.717) is 26.2 Å². The van der Waals surface area contributed by atoms with E-state index < -0.39 is 0 Å². The molecule has 1 aromatic carbocycles. The quantitative estimate of drug-likeness (QED) is 0.697. The average Bonchev–Trinajstić information content (AvgIpc) is 2.65. The molecule has 0 aliphatic carbocycles. The van der Waals surface area contributed by atoms with Crippen LogP contribution in [0.1, 0.15) is 30.0 Å². The van der Waals surface area contributed by atoms with Gasteiger partial charge < -0.3 is 15.0 Å². The van der Waals surface area contributed by atoms with E-state index in [0.717, 1.165) is 29.7 Å². The van der Waals surface area contributed by atoms with Crippen molar-refractivity contribution >= 4 is 6.03 Å². The summed E-state index contributed by atoms with van der Waals surface area (Å²) < 4.78 is 5.87. The van der Waals surface area contributed by atoms with Crippen molar-refractivity contribution in [3.05, 3.63) is 59.4 Å². The summed E-state index contributed by atoms with van der Waals surface area (Å²) in [5.41, 5.74) is 3.47. The molecule has 1 aromatic heterocycles. The average molecular weight is 355 g/mol. The summed E-state index contributed by atoms with van der Waals surface area (Å²) in [7, 11) is 0. The number of amides is 2. The minimum Gasteiger partial charge on any atom is -0.493 e. The van der Waals surface area contributed by atoms with Gasteiger partial charge in [0.25, 0.3) is 0 Å². The minimum absolute atomic E-state index is 0.0198. The van der Waals surface area contributed by atoms with E-state index in [1.54, 1.807) is 12.4 Å². The summed E-state index contributed by atoms with van der Waals surface area (Å²) in [6, 6.07) is 10.1. The second-order valence-electron chi connectivity index (χ2n) is 6.34. The zero-order valence-corrected chi connectivity index (χ0v) is 16.0. The number of nitrogens with zero attached hydrogens (tertiary/aromatic N) is 2. The highest BCUT2D eigenvalue weighted by molar-refractivity contribution is 5.74. The number of aromatic nitrogens is 1. The Morgan fingerprint density at radius 1 is 1.15 bits per heavy atom. The predicted octanol–water partition coefficient (Wildman–Crippen LogP) is 3.74. The van der Waals surface area contributed by atoms with Gasteiger partial charge in [0.1, 0.15) is 5.75 Å². The Morgan fingerprint density at radius 2 is 1.85 bits per heavy atom. The number of urea groups is 1. The first-order valence-corrected chi connectivity index (χ1v) is 9.22. The lowest BCUT2D eigenvalue weighted by Gasteiger charge is -2.21. The smallest absolute Gasteiger partial charge is 0.317 e. The highest BCUT2D eigenvalue weighted by atomic mass is 16.5. The summed E-state index contributed by atoms with van der Waals surface area (Å²) in [6.45, 7) is 8.68. The molecule has 1 N–H and O–H groups in total. The molecule has 0 fully saturated rings. The molecular formula is C21H29N3O2. The molecule has 2 aromatic rings. The van der Waals surface area contributed by atoms with Gasteiger partial charge in [-0.05, 0) is 62.4 Å². The van der Waals surface area contributed by atoms with Gasteiger partial charge in [-0.3, -0.25) is 4.98 Å². The summed E-state index contributed by atoms with van der Waals surface area (Å²) in [5.74, 6) is 0.950. The van der Waals surface area contributed by atoms with Crippen LogP contribution in [-0.2, 0) is 6.42 Å². The first-order valence-electron chi connectivity index (χ1n) is 9.22. The van der Waals surface area contributed by atoms with Gasteiger partial charge >= 0.3 is 6.03 Å². The number of aryl methyl sites for hydroxylation is 2. The van der Waals surface area contributed by atoms with Gasteiger partial charge in [-0.1, -0.05) is 18.2 Å². The second kappa shape index (κ2) is 10.4. The van der Waals surface area contributed by atoms with Crippen molar-refractivity contribution in [1.82, 2.24) is 15.2 Å². The maximum absolute atomic E-state index is 12.3. The van der Waals surface area contributed by atoms with Crippen molar-refractivity contribution in [3.63, 3.8) is 0 Å². The van der Waals surface area contributed by atoms with Crippen LogP contribution in [0.4, 0.5) is 4.79 Å². The molecule has 0 saturated heterocycles. The summed E-state index contributed by atoms with van der Waals surface area (Å²) in [4.78, 5) is 18.1. The maximum atomic E-state index is 12.3. The molecular weight excluding hydrogens is 326 g/mol. The van der Waals surface area contributed by atoms with E-state index in [-0.39, 0.29) is 6.03 Å². The minimum atomic E-state index is -0.0198. The van der Waals surface area contributed by atoms with Gasteiger partial charge in [0.05, 0.1) is 6.61 Å². The number of carbonyl (C=O) groups is 1. The first kappa shape index (κ1) is 19.8. The molecule has 0 unspecified atom stereocenters. The number of para-hydroxylation sites is 1. The zero-order valence-electron chi connectivity index (χ0n) is 16.0. The van der Waals surface area contributed by atoms with Crippen molar-refractivity contribution in [1.29, 1.82) is 0 Å². The number of nitrogens with one attached hydrogen (secondary N) is 1. The van der Waals surface area contributed by atoms with Crippen LogP contribution in [0, 0.1) is 13.8 Å². The van der Waals surface area contributed by atoms with Crippen molar-refractivity contribution in [3.8, 4) is 5.75 Å². The number of hydrogen-bond donors (Lipinski definition) is 1. The van der Waals surface area contributed by atoms with Gasteiger partial charge in [-0.15, -0.1) is 0 Å². The molecule has 0 radical (unpaired) electrons. The normalized spacial score (nSPS) is 10.4. The molecule has 2 amide bonds. The fourth-order valence-corrected chi connectivity index (χ4v) is 2.80. The highest BCUT2D eigenvalue weighted by Gasteiger charge is 2.10. The lowest BCUT2D eigenvalue weighted by Crippen LogP contribution is -2.41. The van der Waals surface area contributed by atoms with E-state index >= 15 is 0 Å². The third-order valence-corrected chi connectivity index (χ3v) is 4.34. The molecule has 0 aliphatic rings. The molecule has 0 bridgehead atoms. The maximum Gasteiger partial charge on any atom is 0.317 e. The van der Waals surface area contributed by atoms with Crippen molar-refractivity contribution < 1.29 is 9.53 Å². The summed E-state index contributed by atoms with van der Waals surface area (Å²) in [6.07, 6.45) is 5.17. The zero-order chi connectivity index (χ0) is 18.8. The van der Waals surface area contributed by atoms with E-state index in [1.165, 1.54) is 5.56 Å². The molecule has 0 atom stereocenters. The lowest BCUT2D eigenvalue weighted by atomic mass is 10.1. The van der Waals surface area contributed by atoms with Crippen molar-refractivity contribution in [2.24, 2.45) is 0 Å². The number of rotatable bonds is 9. The van der Waals surface area contributed by atoms with Crippen LogP contribution in [0.3, 0.4) is 0 Å². The van der Waals surface area contributed by atoms with Gasteiger partial charge in [-0.2, -0.15) is 0 Å². The summed E-state index contributed by atoms with van der Waals surface area (Å²) in [5, 5.41) is 2.98. The van der Waals surface area contributed by atoms with Crippen molar-refractivity contribution in [2.45, 2.75) is 33.6 Å². The molecule has 0 spiro atoms. The fraction of sp³-hybridized carbons (Fsp3) is 0.429. The van der Waals surface area contributed by atoms with Crippen molar-refractivity contribution in [2.75, 3.05) is 26.2 Å². The Labute approximate surface area is 156 Å². The Hall–Kier alpha value is -2.56. The SMILES string of the molecule is CCN(CCc1ccncc1)C(=O)NCCCOc1c(C)cccc1C. The first-order chi connectivity index (χ1) is 12.6. The van der Waals surface area contributed by atoms with E-state index in [2.05, 4.69) is 10.3 Å². The molecule has 1 heterocycles. The fourth-order valence-electron chi connectivity index (χ4n) is 2.80.